The largest absolute Gasteiger partial charge is 0.421 e. The van der Waals surface area contributed by atoms with Crippen LogP contribution < -0.4 is 0 Å². The number of aryl methyl sites for hydroxylation is 2. The summed E-state index contributed by atoms with van der Waals surface area (Å²) in [5, 5.41) is 8.15. The quantitative estimate of drug-likeness (QED) is 0.710. The first-order valence-electron chi connectivity index (χ1n) is 6.68. The molecular formula is C16H15N3O. The minimum Gasteiger partial charge on any atom is -0.421 e. The van der Waals surface area contributed by atoms with Gasteiger partial charge in [-0.15, -0.1) is 10.2 Å². The van der Waals surface area contributed by atoms with Crippen molar-refractivity contribution in [3.63, 3.8) is 0 Å². The number of aromatic nitrogens is 3. The normalized spacial score (nSPS) is 10.6. The first-order chi connectivity index (χ1) is 9.92. The molecule has 0 radical (unpaired) electrons. The van der Waals surface area contributed by atoms with E-state index in [1.54, 1.807) is 12.4 Å². The maximum Gasteiger partial charge on any atom is 0.247 e. The van der Waals surface area contributed by atoms with E-state index in [2.05, 4.69) is 39.4 Å². The molecule has 1 aromatic carbocycles. The summed E-state index contributed by atoms with van der Waals surface area (Å²) >= 11 is 0. The number of rotatable bonds is 5. The zero-order valence-corrected chi connectivity index (χ0v) is 11.1. The highest BCUT2D eigenvalue weighted by atomic mass is 16.4. The lowest BCUT2D eigenvalue weighted by Gasteiger charge is -1.98. The van der Waals surface area contributed by atoms with Crippen LogP contribution in [0.15, 0.2) is 59.3 Å². The molecule has 0 saturated carbocycles. The molecule has 20 heavy (non-hydrogen) atoms. The summed E-state index contributed by atoms with van der Waals surface area (Å²) in [5.41, 5.74) is 2.24. The summed E-state index contributed by atoms with van der Waals surface area (Å²) in [5.74, 6) is 1.25. The van der Waals surface area contributed by atoms with Crippen molar-refractivity contribution in [3.8, 4) is 11.5 Å². The molecule has 2 aromatic heterocycles. The zero-order valence-electron chi connectivity index (χ0n) is 11.1. The van der Waals surface area contributed by atoms with Gasteiger partial charge in [0.05, 0.1) is 0 Å². The van der Waals surface area contributed by atoms with Gasteiger partial charge in [-0.1, -0.05) is 30.3 Å². The summed E-state index contributed by atoms with van der Waals surface area (Å²) in [7, 11) is 0. The molecule has 0 atom stereocenters. The van der Waals surface area contributed by atoms with Crippen molar-refractivity contribution in [2.45, 2.75) is 19.3 Å². The van der Waals surface area contributed by atoms with Crippen molar-refractivity contribution >= 4 is 0 Å². The smallest absolute Gasteiger partial charge is 0.247 e. The fourth-order valence-electron chi connectivity index (χ4n) is 2.05. The van der Waals surface area contributed by atoms with Gasteiger partial charge < -0.3 is 4.42 Å². The van der Waals surface area contributed by atoms with E-state index in [-0.39, 0.29) is 0 Å². The lowest BCUT2D eigenvalue weighted by molar-refractivity contribution is 0.497. The molecule has 0 N–H and O–H groups in total. The summed E-state index contributed by atoms with van der Waals surface area (Å²) < 4.78 is 5.66. The average molecular weight is 265 g/mol. The van der Waals surface area contributed by atoms with Crippen molar-refractivity contribution in [1.82, 2.24) is 15.2 Å². The molecule has 4 heteroatoms. The van der Waals surface area contributed by atoms with Crippen LogP contribution in [0.4, 0.5) is 0 Å². The molecule has 100 valence electrons. The third-order valence-electron chi connectivity index (χ3n) is 3.09. The Kier molecular flexibility index (Phi) is 3.83. The SMILES string of the molecule is c1ccc(CCCc2nnc(-c3ccncc3)o2)cc1. The molecule has 0 fully saturated rings. The van der Waals surface area contributed by atoms with Crippen molar-refractivity contribution in [1.29, 1.82) is 0 Å². The van der Waals surface area contributed by atoms with Gasteiger partial charge in [0.15, 0.2) is 0 Å². The molecule has 0 aliphatic heterocycles. The van der Waals surface area contributed by atoms with Gasteiger partial charge in [-0.2, -0.15) is 0 Å². The summed E-state index contributed by atoms with van der Waals surface area (Å²) in [6.45, 7) is 0. The summed E-state index contributed by atoms with van der Waals surface area (Å²) in [6, 6.07) is 14.1. The molecule has 0 aliphatic rings. The van der Waals surface area contributed by atoms with E-state index in [1.165, 1.54) is 5.56 Å². The van der Waals surface area contributed by atoms with Crippen LogP contribution in [0.5, 0.6) is 0 Å². The van der Waals surface area contributed by atoms with E-state index in [1.807, 2.05) is 18.2 Å². The van der Waals surface area contributed by atoms with Crippen LogP contribution in [-0.4, -0.2) is 15.2 Å². The number of pyridine rings is 1. The van der Waals surface area contributed by atoms with E-state index >= 15 is 0 Å². The Labute approximate surface area is 117 Å². The molecule has 0 unspecified atom stereocenters. The van der Waals surface area contributed by atoms with E-state index in [0.29, 0.717) is 11.8 Å². The van der Waals surface area contributed by atoms with E-state index in [0.717, 1.165) is 24.8 Å². The van der Waals surface area contributed by atoms with Crippen LogP contribution in [0, 0.1) is 0 Å². The number of hydrogen-bond acceptors (Lipinski definition) is 4. The van der Waals surface area contributed by atoms with Crippen LogP contribution in [0.1, 0.15) is 17.9 Å². The van der Waals surface area contributed by atoms with Gasteiger partial charge in [-0.05, 0) is 30.5 Å². The van der Waals surface area contributed by atoms with Gasteiger partial charge in [0.2, 0.25) is 11.8 Å². The Bertz CT molecular complexity index is 650. The Balaban J connectivity index is 1.58. The second-order valence-electron chi connectivity index (χ2n) is 4.58. The fourth-order valence-corrected chi connectivity index (χ4v) is 2.05. The zero-order chi connectivity index (χ0) is 13.6. The number of hydrogen-bond donors (Lipinski definition) is 0. The predicted octanol–water partition coefficient (Wildman–Crippen LogP) is 3.31. The van der Waals surface area contributed by atoms with Gasteiger partial charge in [0, 0.05) is 24.4 Å². The van der Waals surface area contributed by atoms with E-state index in [4.69, 9.17) is 4.42 Å². The Morgan fingerprint density at radius 3 is 2.45 bits per heavy atom. The molecule has 0 amide bonds. The van der Waals surface area contributed by atoms with E-state index < -0.39 is 0 Å². The van der Waals surface area contributed by atoms with E-state index in [9.17, 15) is 0 Å². The topological polar surface area (TPSA) is 51.8 Å². The molecule has 3 aromatic rings. The number of nitrogens with zero attached hydrogens (tertiary/aromatic N) is 3. The standard InChI is InChI=1S/C16H15N3O/c1-2-5-13(6-3-1)7-4-8-15-18-19-16(20-15)14-9-11-17-12-10-14/h1-3,5-6,9-12H,4,7-8H2. The summed E-state index contributed by atoms with van der Waals surface area (Å²) in [6.07, 6.45) is 6.26. The molecule has 0 spiro atoms. The van der Waals surface area contributed by atoms with Gasteiger partial charge in [-0.25, -0.2) is 0 Å². The number of benzene rings is 1. The van der Waals surface area contributed by atoms with Crippen LogP contribution in [0.2, 0.25) is 0 Å². The van der Waals surface area contributed by atoms with Crippen molar-refractivity contribution in [2.75, 3.05) is 0 Å². The molecule has 0 saturated heterocycles. The Hall–Kier alpha value is -2.49. The summed E-state index contributed by atoms with van der Waals surface area (Å²) in [4.78, 5) is 3.97. The van der Waals surface area contributed by atoms with Gasteiger partial charge in [0.25, 0.3) is 0 Å². The maximum absolute atomic E-state index is 5.66. The highest BCUT2D eigenvalue weighted by Crippen LogP contribution is 2.17. The molecule has 3 rings (SSSR count). The van der Waals surface area contributed by atoms with Crippen molar-refractivity contribution in [3.05, 3.63) is 66.3 Å². The van der Waals surface area contributed by atoms with Crippen LogP contribution >= 0.6 is 0 Å². The second-order valence-corrected chi connectivity index (χ2v) is 4.58. The molecule has 0 aliphatic carbocycles. The monoisotopic (exact) mass is 265 g/mol. The minimum atomic E-state index is 0.558. The average Bonchev–Trinajstić information content (AvgIpc) is 2.98. The lowest BCUT2D eigenvalue weighted by atomic mass is 10.1. The third kappa shape index (κ3) is 3.09. The first-order valence-corrected chi connectivity index (χ1v) is 6.68. The molecular weight excluding hydrogens is 250 g/mol. The molecule has 0 bridgehead atoms. The third-order valence-corrected chi connectivity index (χ3v) is 3.09. The second kappa shape index (κ2) is 6.10. The molecule has 4 nitrogen and oxygen atoms in total. The lowest BCUT2D eigenvalue weighted by Crippen LogP contribution is -1.90. The highest BCUT2D eigenvalue weighted by molar-refractivity contribution is 5.50. The van der Waals surface area contributed by atoms with Crippen LogP contribution in [0.25, 0.3) is 11.5 Å². The minimum absolute atomic E-state index is 0.558. The Morgan fingerprint density at radius 2 is 1.65 bits per heavy atom. The highest BCUT2D eigenvalue weighted by Gasteiger charge is 2.07. The fraction of sp³-hybridized carbons (Fsp3) is 0.188. The van der Waals surface area contributed by atoms with Crippen LogP contribution in [-0.2, 0) is 12.8 Å². The van der Waals surface area contributed by atoms with Gasteiger partial charge >= 0.3 is 0 Å². The van der Waals surface area contributed by atoms with Crippen molar-refractivity contribution < 1.29 is 4.42 Å². The maximum atomic E-state index is 5.66. The van der Waals surface area contributed by atoms with Gasteiger partial charge in [0.1, 0.15) is 0 Å². The first kappa shape index (κ1) is 12.5. The van der Waals surface area contributed by atoms with Crippen LogP contribution in [0.3, 0.4) is 0 Å². The van der Waals surface area contributed by atoms with Crippen molar-refractivity contribution in [2.24, 2.45) is 0 Å². The Morgan fingerprint density at radius 1 is 0.850 bits per heavy atom. The predicted molar refractivity (Wildman–Crippen MR) is 76.0 cm³/mol. The van der Waals surface area contributed by atoms with Gasteiger partial charge in [-0.3, -0.25) is 4.98 Å². The molecule has 2 heterocycles.